The number of methoxy groups -OCH3 is 4. The Morgan fingerprint density at radius 2 is 1.01 bits per heavy atom. The van der Waals surface area contributed by atoms with E-state index in [0.717, 1.165) is 26.4 Å². The molecule has 68 heavy (non-hydrogen) atoms. The molecule has 0 radical (unpaired) electrons. The van der Waals surface area contributed by atoms with Gasteiger partial charge in [-0.05, 0) is 46.5 Å². The minimum atomic E-state index is -5.05. The molecule has 2 aliphatic heterocycles. The lowest BCUT2D eigenvalue weighted by Crippen LogP contribution is -2.28. The van der Waals surface area contributed by atoms with Crippen LogP contribution in [0.25, 0.3) is 44.7 Å². The van der Waals surface area contributed by atoms with E-state index in [9.17, 15) is 55.7 Å². The molecule has 356 valence electrons. The number of aromatic amines is 2. The molecule has 0 fully saturated rings. The number of nitrogens with one attached hydrogen (secondary N) is 2. The third-order valence-corrected chi connectivity index (χ3v) is 12.7. The molecule has 14 nitrogen and oxygen atoms in total. The molecule has 6 aromatic rings. The van der Waals surface area contributed by atoms with Crippen molar-refractivity contribution in [3.05, 3.63) is 93.3 Å². The second-order valence-electron chi connectivity index (χ2n) is 15.6. The summed E-state index contributed by atoms with van der Waals surface area (Å²) < 4.78 is 106. The molecule has 0 saturated carbocycles. The van der Waals surface area contributed by atoms with Crippen molar-refractivity contribution in [3.8, 4) is 23.0 Å². The van der Waals surface area contributed by atoms with E-state index in [4.69, 9.17) is 42.1 Å². The van der Waals surface area contributed by atoms with Gasteiger partial charge in [-0.2, -0.15) is 26.3 Å². The van der Waals surface area contributed by atoms with Gasteiger partial charge in [0.15, 0.2) is 0 Å². The molecule has 4 heterocycles. The van der Waals surface area contributed by atoms with Crippen LogP contribution in [-0.2, 0) is 31.4 Å². The first-order valence-corrected chi connectivity index (χ1v) is 21.2. The van der Waals surface area contributed by atoms with Gasteiger partial charge in [0.1, 0.15) is 34.4 Å². The Balaban J connectivity index is 1.17. The summed E-state index contributed by atoms with van der Waals surface area (Å²) in [6.07, 6.45) is -4.83. The van der Waals surface area contributed by atoms with Crippen molar-refractivity contribution >= 4 is 103 Å². The molecular formula is C46H36Cl2F6N4O10. The molecule has 0 saturated heterocycles. The summed E-state index contributed by atoms with van der Waals surface area (Å²) in [6, 6.07) is 8.65. The summed E-state index contributed by atoms with van der Waals surface area (Å²) in [7, 11) is 4.62. The summed E-state index contributed by atoms with van der Waals surface area (Å²) in [5.41, 5.74) is -4.33. The van der Waals surface area contributed by atoms with Crippen LogP contribution >= 0.6 is 23.2 Å². The van der Waals surface area contributed by atoms with Crippen LogP contribution in [0.4, 0.5) is 37.7 Å². The van der Waals surface area contributed by atoms with Crippen LogP contribution in [0.15, 0.2) is 48.6 Å². The van der Waals surface area contributed by atoms with Crippen molar-refractivity contribution in [2.45, 2.75) is 24.2 Å². The number of carbonyl (C=O) groups is 4. The van der Waals surface area contributed by atoms with Crippen LogP contribution in [0.1, 0.15) is 66.2 Å². The lowest BCUT2D eigenvalue weighted by atomic mass is 9.95. The molecular weight excluding hydrogens is 953 g/mol. The van der Waals surface area contributed by atoms with Crippen molar-refractivity contribution in [1.82, 2.24) is 9.97 Å². The Kier molecular flexibility index (Phi) is 12.2. The average Bonchev–Trinajstić information content (AvgIpc) is 4.10. The molecule has 4 N–H and O–H groups in total. The van der Waals surface area contributed by atoms with Crippen LogP contribution in [0.2, 0.25) is 0 Å². The first-order chi connectivity index (χ1) is 32.2. The van der Waals surface area contributed by atoms with E-state index in [0.29, 0.717) is 33.4 Å². The van der Waals surface area contributed by atoms with Crippen molar-refractivity contribution < 1.29 is 74.7 Å². The number of ether oxygens (including phenoxy) is 4. The Hall–Kier alpha value is -7.06. The zero-order valence-electron chi connectivity index (χ0n) is 35.8. The second kappa shape index (κ2) is 17.5. The first-order valence-electron chi connectivity index (χ1n) is 20.2. The minimum Gasteiger partial charge on any atom is -0.506 e. The van der Waals surface area contributed by atoms with Crippen molar-refractivity contribution in [3.63, 3.8) is 0 Å². The van der Waals surface area contributed by atoms with E-state index in [1.807, 2.05) is 0 Å². The number of aromatic hydroxyl groups is 2. The van der Waals surface area contributed by atoms with Crippen LogP contribution in [-0.4, -0.2) is 97.2 Å². The SMILES string of the molecule is COC(=O)c1c(C(F)(F)F)[nH]c2c(O)cc3c(c12)[C@H](CCl)CN3C(=O)/C=C/c1ccc(/C=C/C(=O)N2C[C@@H](CCl)c3c2cc(O)c2[nH]c(C(F)(F)F)c(C(=O)OC)c32)c2c(OC)ccc(OC)c12. The maximum Gasteiger partial charge on any atom is 0.432 e. The Morgan fingerprint density at radius 3 is 1.32 bits per heavy atom. The van der Waals surface area contributed by atoms with Gasteiger partial charge >= 0.3 is 24.3 Å². The van der Waals surface area contributed by atoms with Gasteiger partial charge in [-0.3, -0.25) is 9.59 Å². The number of carbonyl (C=O) groups excluding carboxylic acids is 4. The van der Waals surface area contributed by atoms with Crippen molar-refractivity contribution in [2.75, 3.05) is 63.1 Å². The topological polar surface area (TPSA) is 184 Å². The zero-order valence-corrected chi connectivity index (χ0v) is 37.3. The van der Waals surface area contributed by atoms with Crippen LogP contribution in [0, 0.1) is 0 Å². The van der Waals surface area contributed by atoms with Crippen LogP contribution < -0.4 is 19.3 Å². The van der Waals surface area contributed by atoms with E-state index in [1.54, 1.807) is 24.3 Å². The van der Waals surface area contributed by atoms with Crippen LogP contribution in [0.5, 0.6) is 23.0 Å². The van der Waals surface area contributed by atoms with E-state index in [2.05, 4.69) is 9.97 Å². The maximum atomic E-state index is 14.2. The van der Waals surface area contributed by atoms with Gasteiger partial charge in [0.25, 0.3) is 11.8 Å². The number of halogens is 8. The summed E-state index contributed by atoms with van der Waals surface area (Å²) in [5.74, 6) is -6.63. The summed E-state index contributed by atoms with van der Waals surface area (Å²) in [5, 5.41) is 22.2. The molecule has 2 aromatic heterocycles. The molecule has 8 rings (SSSR count). The van der Waals surface area contributed by atoms with E-state index in [-0.39, 0.29) is 69.2 Å². The number of alkyl halides is 8. The number of phenolic OH excluding ortho intramolecular Hbond substituents is 2. The van der Waals surface area contributed by atoms with Gasteiger partial charge in [-0.25, -0.2) is 9.59 Å². The maximum absolute atomic E-state index is 14.2. The molecule has 0 unspecified atom stereocenters. The van der Waals surface area contributed by atoms with Crippen molar-refractivity contribution in [1.29, 1.82) is 0 Å². The Bertz CT molecular complexity index is 2970. The first kappa shape index (κ1) is 47.4. The third-order valence-electron chi connectivity index (χ3n) is 12.0. The van der Waals surface area contributed by atoms with E-state index >= 15 is 0 Å². The lowest BCUT2D eigenvalue weighted by molar-refractivity contribution is -0.141. The lowest BCUT2D eigenvalue weighted by Gasteiger charge is -2.17. The highest BCUT2D eigenvalue weighted by Gasteiger charge is 2.45. The largest absolute Gasteiger partial charge is 0.506 e. The number of aromatic nitrogens is 2. The fourth-order valence-electron chi connectivity index (χ4n) is 9.14. The van der Waals surface area contributed by atoms with Gasteiger partial charge < -0.3 is 48.9 Å². The monoisotopic (exact) mass is 988 g/mol. The summed E-state index contributed by atoms with van der Waals surface area (Å²) in [6.45, 7) is -0.263. The number of benzene rings is 4. The highest BCUT2D eigenvalue weighted by molar-refractivity contribution is 6.21. The third kappa shape index (κ3) is 7.64. The molecule has 0 aliphatic carbocycles. The number of hydrogen-bond donors (Lipinski definition) is 4. The number of rotatable bonds is 10. The smallest absolute Gasteiger partial charge is 0.432 e. The predicted octanol–water partition coefficient (Wildman–Crippen LogP) is 9.61. The Labute approximate surface area is 390 Å². The van der Waals surface area contributed by atoms with Crippen LogP contribution in [0.3, 0.4) is 0 Å². The Morgan fingerprint density at radius 1 is 0.647 bits per heavy atom. The number of phenols is 2. The number of esters is 2. The molecule has 4 aromatic carbocycles. The fraction of sp³-hybridized carbons (Fsp3) is 0.261. The summed E-state index contributed by atoms with van der Waals surface area (Å²) in [4.78, 5) is 60.5. The number of anilines is 2. The number of fused-ring (bicyclic) bond motifs is 7. The molecule has 22 heteroatoms. The van der Waals surface area contributed by atoms with Gasteiger partial charge in [0, 0.05) is 82.5 Å². The minimum absolute atomic E-state index is 0.0168. The molecule has 0 spiro atoms. The predicted molar refractivity (Wildman–Crippen MR) is 239 cm³/mol. The van der Waals surface area contributed by atoms with Gasteiger partial charge in [-0.1, -0.05) is 12.1 Å². The molecule has 2 atom stereocenters. The number of H-pyrrole nitrogens is 2. The van der Waals surface area contributed by atoms with E-state index in [1.165, 1.54) is 48.3 Å². The summed E-state index contributed by atoms with van der Waals surface area (Å²) >= 11 is 12.6. The normalized spacial score (nSPS) is 16.1. The molecule has 2 amide bonds. The number of hydrogen-bond acceptors (Lipinski definition) is 10. The highest BCUT2D eigenvalue weighted by Crippen LogP contribution is 2.51. The fourth-order valence-corrected chi connectivity index (χ4v) is 9.65. The second-order valence-corrected chi connectivity index (χ2v) is 16.2. The number of nitrogens with zero attached hydrogens (tertiary/aromatic N) is 2. The number of amides is 2. The standard InChI is InChI=1S/C46H36Cl2F6N4O10/c1-65-27-9-10-28(66-2)34-20(8-12-30(62)58-18-22(16-48)32-24(58)14-26(60)40-36(32)38(44(64)68-4)42(56-40)46(52,53)54)6-5-19(33(27)34)7-11-29(61)57-17-21(15-47)31-23(57)13-25(59)39-35(31)37(43(63)67-3)41(55-39)45(49,50)51/h5-14,21-22,55-56,59-60H,15-18H2,1-4H3/b11-7+,12-8+/t21-,22-/m1/s1. The zero-order chi connectivity index (χ0) is 49.3. The molecule has 0 bridgehead atoms. The van der Waals surface area contributed by atoms with Crippen molar-refractivity contribution in [2.24, 2.45) is 0 Å². The van der Waals surface area contributed by atoms with E-state index < -0.39 is 82.0 Å². The average molecular weight is 990 g/mol. The van der Waals surface area contributed by atoms with Gasteiger partial charge in [-0.15, -0.1) is 23.2 Å². The van der Waals surface area contributed by atoms with Gasteiger partial charge in [0.05, 0.1) is 62.0 Å². The van der Waals surface area contributed by atoms with Gasteiger partial charge in [0.2, 0.25) is 0 Å². The highest BCUT2D eigenvalue weighted by atomic mass is 35.5. The molecule has 2 aliphatic rings. The quantitative estimate of drug-likeness (QED) is 0.0446.